The first-order valence-electron chi connectivity index (χ1n) is 6.31. The zero-order valence-corrected chi connectivity index (χ0v) is 10.5. The molecule has 0 aliphatic heterocycles. The highest BCUT2D eigenvalue weighted by Gasteiger charge is 2.29. The van der Waals surface area contributed by atoms with Gasteiger partial charge in [-0.2, -0.15) is 0 Å². The van der Waals surface area contributed by atoms with E-state index in [9.17, 15) is 5.11 Å². The van der Waals surface area contributed by atoms with Crippen LogP contribution >= 0.6 is 0 Å². The number of hydrogen-bond acceptors (Lipinski definition) is 3. The van der Waals surface area contributed by atoms with Gasteiger partial charge in [-0.25, -0.2) is 0 Å². The van der Waals surface area contributed by atoms with Crippen molar-refractivity contribution in [1.29, 1.82) is 0 Å². The van der Waals surface area contributed by atoms with Crippen molar-refractivity contribution in [2.75, 3.05) is 7.11 Å². The Morgan fingerprint density at radius 1 is 1.41 bits per heavy atom. The quantitative estimate of drug-likeness (QED) is 0.822. The zero-order valence-electron chi connectivity index (χ0n) is 10.5. The lowest BCUT2D eigenvalue weighted by Gasteiger charge is -2.35. The van der Waals surface area contributed by atoms with Crippen molar-refractivity contribution in [2.45, 2.75) is 44.4 Å². The Morgan fingerprint density at radius 2 is 2.12 bits per heavy atom. The third-order valence-corrected chi connectivity index (χ3v) is 3.47. The minimum Gasteiger partial charge on any atom is -0.496 e. The van der Waals surface area contributed by atoms with E-state index in [-0.39, 0.29) is 6.10 Å². The first-order valence-corrected chi connectivity index (χ1v) is 6.31. The van der Waals surface area contributed by atoms with Gasteiger partial charge in [0.1, 0.15) is 5.75 Å². The summed E-state index contributed by atoms with van der Waals surface area (Å²) in [4.78, 5) is 0. The number of aliphatic hydroxyl groups is 1. The average molecular weight is 235 g/mol. The van der Waals surface area contributed by atoms with Gasteiger partial charge in [0.25, 0.3) is 0 Å². The maximum atomic E-state index is 9.31. The van der Waals surface area contributed by atoms with Crippen molar-refractivity contribution in [1.82, 2.24) is 5.32 Å². The predicted octanol–water partition coefficient (Wildman–Crippen LogP) is 2.26. The molecule has 3 heteroatoms. The van der Waals surface area contributed by atoms with Gasteiger partial charge in [-0.05, 0) is 25.3 Å². The number of hydrogen-bond donors (Lipinski definition) is 2. The smallest absolute Gasteiger partial charge is 0.123 e. The molecule has 94 valence electrons. The average Bonchev–Trinajstić information content (AvgIpc) is 2.33. The Hall–Kier alpha value is -1.06. The minimum absolute atomic E-state index is 0.109. The van der Waals surface area contributed by atoms with Crippen molar-refractivity contribution >= 4 is 0 Å². The molecule has 1 aromatic rings. The lowest BCUT2D eigenvalue weighted by Crippen LogP contribution is -2.45. The van der Waals surface area contributed by atoms with E-state index in [0.29, 0.717) is 12.1 Å². The van der Waals surface area contributed by atoms with Crippen LogP contribution in [0.4, 0.5) is 0 Å². The number of para-hydroxylation sites is 1. The van der Waals surface area contributed by atoms with Gasteiger partial charge in [0.2, 0.25) is 0 Å². The molecule has 0 bridgehead atoms. The number of nitrogens with one attached hydrogen (secondary N) is 1. The number of aliphatic hydroxyl groups excluding tert-OH is 1. The van der Waals surface area contributed by atoms with Crippen molar-refractivity contribution < 1.29 is 9.84 Å². The molecule has 0 aromatic heterocycles. The summed E-state index contributed by atoms with van der Waals surface area (Å²) in [5.41, 5.74) is 1.21. The van der Waals surface area contributed by atoms with Gasteiger partial charge in [-0.3, -0.25) is 0 Å². The minimum atomic E-state index is -0.109. The predicted molar refractivity (Wildman–Crippen MR) is 68.2 cm³/mol. The summed E-state index contributed by atoms with van der Waals surface area (Å²) < 4.78 is 5.39. The largest absolute Gasteiger partial charge is 0.496 e. The molecular weight excluding hydrogens is 214 g/mol. The molecule has 0 amide bonds. The van der Waals surface area contributed by atoms with Gasteiger partial charge in [0, 0.05) is 17.6 Å². The van der Waals surface area contributed by atoms with Gasteiger partial charge in [0.05, 0.1) is 13.2 Å². The summed E-state index contributed by atoms with van der Waals surface area (Å²) in [6.45, 7) is 2.17. The van der Waals surface area contributed by atoms with Crippen molar-refractivity contribution in [3.8, 4) is 5.75 Å². The van der Waals surface area contributed by atoms with E-state index < -0.39 is 0 Å². The standard InChI is InChI=1S/C14H21NO2/c1-3-13(15-10-8-11(16)9-10)12-6-4-5-7-14(12)17-2/h4-7,10-11,13,15-16H,3,8-9H2,1-2H3. The first kappa shape index (κ1) is 12.4. The summed E-state index contributed by atoms with van der Waals surface area (Å²) in [6.07, 6.45) is 2.65. The van der Waals surface area contributed by atoms with Gasteiger partial charge in [-0.1, -0.05) is 25.1 Å². The van der Waals surface area contributed by atoms with Gasteiger partial charge < -0.3 is 15.2 Å². The van der Waals surface area contributed by atoms with E-state index >= 15 is 0 Å². The summed E-state index contributed by atoms with van der Waals surface area (Å²) in [7, 11) is 1.71. The number of benzene rings is 1. The van der Waals surface area contributed by atoms with Crippen LogP contribution in [0.15, 0.2) is 24.3 Å². The van der Waals surface area contributed by atoms with Crippen LogP contribution in [-0.4, -0.2) is 24.4 Å². The van der Waals surface area contributed by atoms with E-state index in [1.807, 2.05) is 18.2 Å². The topological polar surface area (TPSA) is 41.5 Å². The van der Waals surface area contributed by atoms with Crippen molar-refractivity contribution in [3.63, 3.8) is 0 Å². The SMILES string of the molecule is CCC(NC1CC(O)C1)c1ccccc1OC. The van der Waals surface area contributed by atoms with E-state index in [4.69, 9.17) is 4.74 Å². The molecule has 2 N–H and O–H groups in total. The summed E-state index contributed by atoms with van der Waals surface area (Å²) in [6, 6.07) is 8.88. The highest BCUT2D eigenvalue weighted by Crippen LogP contribution is 2.30. The lowest BCUT2D eigenvalue weighted by molar-refractivity contribution is 0.0572. The highest BCUT2D eigenvalue weighted by molar-refractivity contribution is 5.35. The van der Waals surface area contributed by atoms with Crippen LogP contribution in [0.3, 0.4) is 0 Å². The lowest BCUT2D eigenvalue weighted by atomic mass is 9.88. The number of rotatable bonds is 5. The molecule has 1 saturated carbocycles. The molecule has 1 aliphatic carbocycles. The van der Waals surface area contributed by atoms with Crippen LogP contribution in [0.5, 0.6) is 5.75 Å². The molecule has 0 spiro atoms. The second-order valence-corrected chi connectivity index (χ2v) is 4.69. The molecule has 1 fully saturated rings. The Kier molecular flexibility index (Phi) is 4.02. The van der Waals surface area contributed by atoms with Gasteiger partial charge in [-0.15, -0.1) is 0 Å². The highest BCUT2D eigenvalue weighted by atomic mass is 16.5. The van der Waals surface area contributed by atoms with Crippen LogP contribution in [0.1, 0.15) is 37.8 Å². The summed E-state index contributed by atoms with van der Waals surface area (Å²) >= 11 is 0. The second-order valence-electron chi connectivity index (χ2n) is 4.69. The molecule has 1 atom stereocenters. The second kappa shape index (κ2) is 5.52. The maximum Gasteiger partial charge on any atom is 0.123 e. The van der Waals surface area contributed by atoms with Crippen LogP contribution in [0.25, 0.3) is 0 Å². The Labute approximate surface area is 103 Å². The van der Waals surface area contributed by atoms with Crippen molar-refractivity contribution in [2.24, 2.45) is 0 Å². The molecule has 17 heavy (non-hydrogen) atoms. The van der Waals surface area contributed by atoms with Gasteiger partial charge >= 0.3 is 0 Å². The molecule has 3 nitrogen and oxygen atoms in total. The van der Waals surface area contributed by atoms with Crippen LogP contribution in [0, 0.1) is 0 Å². The zero-order chi connectivity index (χ0) is 12.3. The van der Waals surface area contributed by atoms with Crippen LogP contribution in [-0.2, 0) is 0 Å². The van der Waals surface area contributed by atoms with E-state index in [1.165, 1.54) is 5.56 Å². The molecule has 1 aliphatic rings. The number of ether oxygens (including phenoxy) is 1. The normalized spacial score (nSPS) is 25.1. The molecular formula is C14H21NO2. The van der Waals surface area contributed by atoms with Crippen LogP contribution < -0.4 is 10.1 Å². The maximum absolute atomic E-state index is 9.31. The molecule has 1 unspecified atom stereocenters. The van der Waals surface area contributed by atoms with Crippen molar-refractivity contribution in [3.05, 3.63) is 29.8 Å². The monoisotopic (exact) mass is 235 g/mol. The third kappa shape index (κ3) is 2.79. The Balaban J connectivity index is 2.06. The first-order chi connectivity index (χ1) is 8.24. The van der Waals surface area contributed by atoms with E-state index in [1.54, 1.807) is 7.11 Å². The number of methoxy groups -OCH3 is 1. The molecule has 2 rings (SSSR count). The third-order valence-electron chi connectivity index (χ3n) is 3.47. The fraction of sp³-hybridized carbons (Fsp3) is 0.571. The molecule has 1 aromatic carbocycles. The summed E-state index contributed by atoms with van der Waals surface area (Å²) in [5.74, 6) is 0.937. The molecule has 0 heterocycles. The Morgan fingerprint density at radius 3 is 2.71 bits per heavy atom. The van der Waals surface area contributed by atoms with Crippen LogP contribution in [0.2, 0.25) is 0 Å². The van der Waals surface area contributed by atoms with E-state index in [0.717, 1.165) is 25.0 Å². The fourth-order valence-corrected chi connectivity index (χ4v) is 2.39. The fourth-order valence-electron chi connectivity index (χ4n) is 2.39. The summed E-state index contributed by atoms with van der Waals surface area (Å²) in [5, 5.41) is 12.9. The molecule has 0 saturated heterocycles. The van der Waals surface area contributed by atoms with E-state index in [2.05, 4.69) is 18.3 Å². The van der Waals surface area contributed by atoms with Gasteiger partial charge in [0.15, 0.2) is 0 Å². The Bertz CT molecular complexity index is 361. The molecule has 0 radical (unpaired) electrons.